The molecule has 6 rings (SSSR count). The molecule has 32 heavy (non-hydrogen) atoms. The molecule has 2 aliphatic rings. The summed E-state index contributed by atoms with van der Waals surface area (Å²) in [5.41, 5.74) is 4.67. The predicted octanol–water partition coefficient (Wildman–Crippen LogP) is 5.66. The lowest BCUT2D eigenvalue weighted by Gasteiger charge is -2.26. The summed E-state index contributed by atoms with van der Waals surface area (Å²) in [5.74, 6) is 3.52. The van der Waals surface area contributed by atoms with E-state index in [4.69, 9.17) is 19.4 Å². The zero-order chi connectivity index (χ0) is 21.7. The fourth-order valence-corrected chi connectivity index (χ4v) is 5.99. The maximum absolute atomic E-state index is 5.46. The van der Waals surface area contributed by atoms with Crippen LogP contribution >= 0.6 is 11.3 Å². The van der Waals surface area contributed by atoms with Crippen molar-refractivity contribution in [3.05, 3.63) is 64.7 Å². The van der Waals surface area contributed by atoms with Gasteiger partial charge in [0, 0.05) is 29.1 Å². The van der Waals surface area contributed by atoms with E-state index in [1.807, 2.05) is 36.4 Å². The van der Waals surface area contributed by atoms with Crippen LogP contribution in [0.2, 0.25) is 0 Å². The number of rotatable bonds is 6. The molecular weight excluding hydrogens is 420 g/mol. The average Bonchev–Trinajstić information content (AvgIpc) is 3.40. The Kier molecular flexibility index (Phi) is 4.57. The lowest BCUT2D eigenvalue weighted by molar-refractivity contribution is 0.354. The van der Waals surface area contributed by atoms with Crippen LogP contribution < -0.4 is 14.8 Å². The van der Waals surface area contributed by atoms with Gasteiger partial charge in [-0.2, -0.15) is 0 Å². The van der Waals surface area contributed by atoms with Gasteiger partial charge in [-0.05, 0) is 48.2 Å². The minimum absolute atomic E-state index is 0.584. The van der Waals surface area contributed by atoms with Crippen molar-refractivity contribution in [1.29, 1.82) is 0 Å². The first-order valence-corrected chi connectivity index (χ1v) is 11.5. The number of benzene rings is 1. The van der Waals surface area contributed by atoms with Gasteiger partial charge in [-0.3, -0.25) is 4.98 Å². The molecule has 0 saturated heterocycles. The quantitative estimate of drug-likeness (QED) is 0.416. The highest BCUT2D eigenvalue weighted by atomic mass is 32.1. The van der Waals surface area contributed by atoms with Crippen molar-refractivity contribution in [3.63, 3.8) is 0 Å². The molecule has 0 spiro atoms. The van der Waals surface area contributed by atoms with Gasteiger partial charge in [0.15, 0.2) is 17.3 Å². The molecule has 3 aromatic heterocycles. The summed E-state index contributed by atoms with van der Waals surface area (Å²) in [4.78, 5) is 16.8. The number of anilines is 1. The van der Waals surface area contributed by atoms with Gasteiger partial charge in [-0.25, -0.2) is 9.97 Å². The van der Waals surface area contributed by atoms with Gasteiger partial charge < -0.3 is 14.8 Å². The Morgan fingerprint density at radius 1 is 1.09 bits per heavy atom. The molecule has 160 valence electrons. The van der Waals surface area contributed by atoms with Crippen LogP contribution in [-0.4, -0.2) is 29.2 Å². The normalized spacial score (nSPS) is 16.2. The van der Waals surface area contributed by atoms with Gasteiger partial charge in [0.25, 0.3) is 0 Å². The monoisotopic (exact) mass is 442 g/mol. The van der Waals surface area contributed by atoms with Crippen LogP contribution in [0.1, 0.15) is 34.8 Å². The van der Waals surface area contributed by atoms with Gasteiger partial charge in [-0.15, -0.1) is 11.3 Å². The SMILES string of the molecule is COc1ccc(CNc2nc(-c3ccccn3)nc3sc4c(c23)C2=CCCC24)cc1OC. The molecule has 7 heteroatoms. The minimum atomic E-state index is 0.584. The van der Waals surface area contributed by atoms with E-state index in [1.54, 1.807) is 31.8 Å². The number of aromatic nitrogens is 3. The van der Waals surface area contributed by atoms with E-state index in [2.05, 4.69) is 16.4 Å². The largest absolute Gasteiger partial charge is 0.493 e. The van der Waals surface area contributed by atoms with E-state index in [0.717, 1.165) is 39.5 Å². The van der Waals surface area contributed by atoms with Crippen LogP contribution in [0.5, 0.6) is 11.5 Å². The highest BCUT2D eigenvalue weighted by Gasteiger charge is 2.39. The fourth-order valence-electron chi connectivity index (χ4n) is 4.64. The Morgan fingerprint density at radius 2 is 2.00 bits per heavy atom. The fraction of sp³-hybridized carbons (Fsp3) is 0.240. The molecule has 3 heterocycles. The second-order valence-electron chi connectivity index (χ2n) is 7.96. The van der Waals surface area contributed by atoms with Crippen LogP contribution in [0.4, 0.5) is 5.82 Å². The first-order chi connectivity index (χ1) is 15.8. The number of ether oxygens (including phenoxy) is 2. The van der Waals surface area contributed by atoms with Crippen molar-refractivity contribution in [3.8, 4) is 23.0 Å². The Labute approximate surface area is 190 Å². The summed E-state index contributed by atoms with van der Waals surface area (Å²) in [6.45, 7) is 0.612. The number of nitrogens with one attached hydrogen (secondary N) is 1. The molecule has 1 N–H and O–H groups in total. The van der Waals surface area contributed by atoms with E-state index in [0.29, 0.717) is 24.0 Å². The van der Waals surface area contributed by atoms with Crippen molar-refractivity contribution in [2.75, 3.05) is 19.5 Å². The molecule has 2 aliphatic carbocycles. The number of fused-ring (bicyclic) bond motifs is 6. The number of allylic oxidation sites excluding steroid dienone is 2. The second kappa shape index (κ2) is 7.60. The number of thiophene rings is 1. The Morgan fingerprint density at radius 3 is 2.81 bits per heavy atom. The van der Waals surface area contributed by atoms with Crippen molar-refractivity contribution >= 4 is 32.9 Å². The average molecular weight is 443 g/mol. The molecule has 0 bridgehead atoms. The van der Waals surface area contributed by atoms with E-state index < -0.39 is 0 Å². The van der Waals surface area contributed by atoms with E-state index in [9.17, 15) is 0 Å². The number of methoxy groups -OCH3 is 2. The molecule has 0 radical (unpaired) electrons. The van der Waals surface area contributed by atoms with Crippen molar-refractivity contribution in [2.24, 2.45) is 0 Å². The summed E-state index contributed by atoms with van der Waals surface area (Å²) in [6.07, 6.45) is 6.52. The summed E-state index contributed by atoms with van der Waals surface area (Å²) < 4.78 is 10.8. The standard InChI is InChI=1S/C25H22N4O2S/c1-30-18-10-9-14(12-19(18)31-2)13-27-24-21-20-15-6-5-7-16(15)22(20)32-25(21)29-23(28-24)17-8-3-4-11-26-17/h3-4,6,8-12,16H,5,7,13H2,1-2H3,(H,27,28,29). The number of hydrogen-bond acceptors (Lipinski definition) is 7. The van der Waals surface area contributed by atoms with Crippen LogP contribution in [-0.2, 0) is 6.54 Å². The number of pyridine rings is 1. The second-order valence-corrected chi connectivity index (χ2v) is 9.00. The molecule has 1 aromatic carbocycles. The molecule has 6 nitrogen and oxygen atoms in total. The van der Waals surface area contributed by atoms with Crippen LogP contribution in [0.25, 0.3) is 27.3 Å². The van der Waals surface area contributed by atoms with Crippen molar-refractivity contribution in [1.82, 2.24) is 15.0 Å². The first-order valence-electron chi connectivity index (χ1n) is 10.7. The zero-order valence-corrected chi connectivity index (χ0v) is 18.7. The van der Waals surface area contributed by atoms with E-state index in [1.165, 1.54) is 22.4 Å². The summed E-state index contributed by atoms with van der Waals surface area (Å²) >= 11 is 1.80. The Bertz CT molecular complexity index is 1360. The molecule has 1 atom stereocenters. The first kappa shape index (κ1) is 19.3. The predicted molar refractivity (Wildman–Crippen MR) is 127 cm³/mol. The van der Waals surface area contributed by atoms with Crippen LogP contribution in [0.15, 0.2) is 48.7 Å². The zero-order valence-electron chi connectivity index (χ0n) is 17.9. The smallest absolute Gasteiger partial charge is 0.181 e. The third kappa shape index (κ3) is 2.96. The van der Waals surface area contributed by atoms with Gasteiger partial charge in [0.2, 0.25) is 0 Å². The molecular formula is C25H22N4O2S. The number of nitrogens with zero attached hydrogens (tertiary/aromatic N) is 3. The molecule has 0 saturated carbocycles. The lowest BCUT2D eigenvalue weighted by Crippen LogP contribution is -2.10. The van der Waals surface area contributed by atoms with Gasteiger partial charge in [0.1, 0.15) is 16.3 Å². The Balaban J connectivity index is 1.43. The Hall–Kier alpha value is -3.45. The van der Waals surface area contributed by atoms with Gasteiger partial charge in [0.05, 0.1) is 19.6 Å². The molecule has 0 aliphatic heterocycles. The van der Waals surface area contributed by atoms with Crippen LogP contribution in [0, 0.1) is 0 Å². The maximum Gasteiger partial charge on any atom is 0.181 e. The van der Waals surface area contributed by atoms with E-state index in [-0.39, 0.29) is 0 Å². The molecule has 0 fully saturated rings. The highest BCUT2D eigenvalue weighted by Crippen LogP contribution is 2.59. The highest BCUT2D eigenvalue weighted by molar-refractivity contribution is 7.19. The van der Waals surface area contributed by atoms with Crippen LogP contribution in [0.3, 0.4) is 0 Å². The van der Waals surface area contributed by atoms with Gasteiger partial charge >= 0.3 is 0 Å². The van der Waals surface area contributed by atoms with Gasteiger partial charge in [-0.1, -0.05) is 18.2 Å². The molecule has 1 unspecified atom stereocenters. The lowest BCUT2D eigenvalue weighted by atomic mass is 9.80. The molecule has 0 amide bonds. The molecule has 4 aromatic rings. The van der Waals surface area contributed by atoms with Crippen molar-refractivity contribution in [2.45, 2.75) is 25.3 Å². The van der Waals surface area contributed by atoms with E-state index >= 15 is 0 Å². The minimum Gasteiger partial charge on any atom is -0.493 e. The maximum atomic E-state index is 5.46. The topological polar surface area (TPSA) is 69.2 Å². The summed E-state index contributed by atoms with van der Waals surface area (Å²) in [5, 5.41) is 4.71. The third-order valence-electron chi connectivity index (χ3n) is 6.18. The third-order valence-corrected chi connectivity index (χ3v) is 7.38. The van der Waals surface area contributed by atoms with Crippen molar-refractivity contribution < 1.29 is 9.47 Å². The number of hydrogen-bond donors (Lipinski definition) is 1. The summed E-state index contributed by atoms with van der Waals surface area (Å²) in [6, 6.07) is 11.8. The summed E-state index contributed by atoms with van der Waals surface area (Å²) in [7, 11) is 3.30.